The number of aromatic nitrogens is 2. The summed E-state index contributed by atoms with van der Waals surface area (Å²) in [4.78, 5) is 16.2. The van der Waals surface area contributed by atoms with Crippen molar-refractivity contribution in [1.82, 2.24) is 9.55 Å². The molecule has 0 spiro atoms. The zero-order valence-corrected chi connectivity index (χ0v) is 11.2. The summed E-state index contributed by atoms with van der Waals surface area (Å²) < 4.78 is 1.99. The molecule has 0 radical (unpaired) electrons. The molecule has 1 aliphatic rings. The summed E-state index contributed by atoms with van der Waals surface area (Å²) in [5.41, 5.74) is 7.30. The Bertz CT molecular complexity index is 602. The van der Waals surface area contributed by atoms with E-state index in [2.05, 4.69) is 10.3 Å². The highest BCUT2D eigenvalue weighted by atomic mass is 16.2. The Morgan fingerprint density at radius 3 is 2.95 bits per heavy atom. The predicted octanol–water partition coefficient (Wildman–Crippen LogP) is 1.61. The molecule has 1 heterocycles. The first-order chi connectivity index (χ1) is 9.72. The number of imidazole rings is 1. The maximum absolute atomic E-state index is 12.1. The lowest BCUT2D eigenvalue weighted by Crippen LogP contribution is -2.30. The molecule has 5 nitrogen and oxygen atoms in total. The molecule has 20 heavy (non-hydrogen) atoms. The van der Waals surface area contributed by atoms with E-state index >= 15 is 0 Å². The number of hydrogen-bond donors (Lipinski definition) is 2. The predicted molar refractivity (Wildman–Crippen MR) is 77.1 cm³/mol. The summed E-state index contributed by atoms with van der Waals surface area (Å²) in [5.74, 6) is 0.0415. The lowest BCUT2D eigenvalue weighted by Gasteiger charge is -2.13. The van der Waals surface area contributed by atoms with E-state index in [4.69, 9.17) is 5.73 Å². The molecule has 3 N–H and O–H groups in total. The minimum atomic E-state index is -0.319. The normalized spacial score (nSPS) is 15.8. The van der Waals surface area contributed by atoms with Crippen molar-refractivity contribution in [3.63, 3.8) is 0 Å². The highest BCUT2D eigenvalue weighted by Gasteiger charge is 2.48. The van der Waals surface area contributed by atoms with Crippen molar-refractivity contribution in [2.75, 3.05) is 11.9 Å². The summed E-state index contributed by atoms with van der Waals surface area (Å²) in [5, 5.41) is 2.97. The fraction of sp³-hybridized carbons (Fsp3) is 0.333. The van der Waals surface area contributed by atoms with Crippen molar-refractivity contribution in [2.45, 2.75) is 19.4 Å². The molecule has 104 valence electrons. The quantitative estimate of drug-likeness (QED) is 0.867. The molecule has 0 aliphatic heterocycles. The van der Waals surface area contributed by atoms with Crippen LogP contribution < -0.4 is 11.1 Å². The van der Waals surface area contributed by atoms with Gasteiger partial charge in [0, 0.05) is 31.2 Å². The standard InChI is InChI=1S/C15H18N4O/c16-10-15(4-5-15)14(20)18-13-3-1-2-12(8-13)9-19-7-6-17-11-19/h1-3,6-8,11H,4-5,9-10,16H2,(H,18,20). The second-order valence-electron chi connectivity index (χ2n) is 5.37. The van der Waals surface area contributed by atoms with Crippen molar-refractivity contribution in [1.29, 1.82) is 0 Å². The number of rotatable bonds is 5. The van der Waals surface area contributed by atoms with Crippen molar-refractivity contribution < 1.29 is 4.79 Å². The fourth-order valence-electron chi connectivity index (χ4n) is 2.28. The van der Waals surface area contributed by atoms with E-state index < -0.39 is 0 Å². The molecule has 0 atom stereocenters. The fourth-order valence-corrected chi connectivity index (χ4v) is 2.28. The molecule has 0 bridgehead atoms. The molecule has 1 amide bonds. The third kappa shape index (κ3) is 2.58. The Balaban J connectivity index is 1.70. The zero-order valence-electron chi connectivity index (χ0n) is 11.2. The van der Waals surface area contributed by atoms with Gasteiger partial charge in [-0.1, -0.05) is 12.1 Å². The third-order valence-corrected chi connectivity index (χ3v) is 3.84. The van der Waals surface area contributed by atoms with E-state index in [-0.39, 0.29) is 11.3 Å². The summed E-state index contributed by atoms with van der Waals surface area (Å²) >= 11 is 0. The van der Waals surface area contributed by atoms with Gasteiger partial charge in [-0.15, -0.1) is 0 Å². The monoisotopic (exact) mass is 270 g/mol. The van der Waals surface area contributed by atoms with Gasteiger partial charge in [-0.2, -0.15) is 0 Å². The lowest BCUT2D eigenvalue weighted by atomic mass is 10.1. The minimum absolute atomic E-state index is 0.0415. The highest BCUT2D eigenvalue weighted by molar-refractivity contribution is 5.97. The smallest absolute Gasteiger partial charge is 0.231 e. The number of carbonyl (C=O) groups excluding carboxylic acids is 1. The van der Waals surface area contributed by atoms with E-state index in [1.165, 1.54) is 0 Å². The Morgan fingerprint density at radius 2 is 2.30 bits per heavy atom. The molecule has 1 aromatic carbocycles. The molecular weight excluding hydrogens is 252 g/mol. The van der Waals surface area contributed by atoms with E-state index in [9.17, 15) is 4.79 Å². The lowest BCUT2D eigenvalue weighted by molar-refractivity contribution is -0.120. The zero-order chi connectivity index (χ0) is 14.0. The van der Waals surface area contributed by atoms with Crippen molar-refractivity contribution >= 4 is 11.6 Å². The Morgan fingerprint density at radius 1 is 1.45 bits per heavy atom. The Hall–Kier alpha value is -2.14. The molecule has 1 aliphatic carbocycles. The number of nitrogens with two attached hydrogens (primary N) is 1. The van der Waals surface area contributed by atoms with Gasteiger partial charge in [0.1, 0.15) is 0 Å². The number of carbonyl (C=O) groups is 1. The van der Waals surface area contributed by atoms with Crippen LogP contribution in [0.3, 0.4) is 0 Å². The van der Waals surface area contributed by atoms with Crippen molar-refractivity contribution in [3.8, 4) is 0 Å². The van der Waals surface area contributed by atoms with Crippen LogP contribution in [0.5, 0.6) is 0 Å². The number of nitrogens with zero attached hydrogens (tertiary/aromatic N) is 2. The second-order valence-corrected chi connectivity index (χ2v) is 5.37. The molecular formula is C15H18N4O. The molecule has 5 heteroatoms. The first-order valence-electron chi connectivity index (χ1n) is 6.78. The number of hydrogen-bond acceptors (Lipinski definition) is 3. The summed E-state index contributed by atoms with van der Waals surface area (Å²) in [6.07, 6.45) is 7.23. The van der Waals surface area contributed by atoms with Crippen LogP contribution in [0.1, 0.15) is 18.4 Å². The van der Waals surface area contributed by atoms with Gasteiger partial charge in [0.2, 0.25) is 5.91 Å². The molecule has 0 unspecified atom stereocenters. The first kappa shape index (κ1) is 12.9. The van der Waals surface area contributed by atoms with Gasteiger partial charge in [0.15, 0.2) is 0 Å². The second kappa shape index (κ2) is 5.09. The van der Waals surface area contributed by atoms with Crippen LogP contribution in [0.2, 0.25) is 0 Å². The van der Waals surface area contributed by atoms with Gasteiger partial charge < -0.3 is 15.6 Å². The summed E-state index contributed by atoms with van der Waals surface area (Å²) in [6, 6.07) is 7.88. The van der Waals surface area contributed by atoms with E-state index in [0.29, 0.717) is 6.54 Å². The van der Waals surface area contributed by atoms with Crippen LogP contribution in [0.25, 0.3) is 0 Å². The summed E-state index contributed by atoms with van der Waals surface area (Å²) in [6.45, 7) is 1.17. The molecule has 0 saturated heterocycles. The van der Waals surface area contributed by atoms with E-state index in [1.807, 2.05) is 35.0 Å². The average molecular weight is 270 g/mol. The molecule has 1 saturated carbocycles. The molecule has 1 aromatic heterocycles. The molecule has 2 aromatic rings. The molecule has 1 fully saturated rings. The number of amides is 1. The van der Waals surface area contributed by atoms with Crippen LogP contribution in [-0.4, -0.2) is 22.0 Å². The maximum Gasteiger partial charge on any atom is 0.231 e. The van der Waals surface area contributed by atoms with Crippen LogP contribution in [0, 0.1) is 5.41 Å². The van der Waals surface area contributed by atoms with Gasteiger partial charge in [-0.05, 0) is 30.5 Å². The van der Waals surface area contributed by atoms with Crippen LogP contribution >= 0.6 is 0 Å². The topological polar surface area (TPSA) is 72.9 Å². The number of nitrogens with one attached hydrogen (secondary N) is 1. The van der Waals surface area contributed by atoms with Crippen molar-refractivity contribution in [2.24, 2.45) is 11.1 Å². The van der Waals surface area contributed by atoms with E-state index in [0.717, 1.165) is 30.6 Å². The third-order valence-electron chi connectivity index (χ3n) is 3.84. The van der Waals surface area contributed by atoms with Gasteiger partial charge in [-0.25, -0.2) is 4.98 Å². The van der Waals surface area contributed by atoms with Gasteiger partial charge >= 0.3 is 0 Å². The van der Waals surface area contributed by atoms with Crippen LogP contribution in [-0.2, 0) is 11.3 Å². The van der Waals surface area contributed by atoms with Crippen LogP contribution in [0.4, 0.5) is 5.69 Å². The minimum Gasteiger partial charge on any atom is -0.333 e. The first-order valence-corrected chi connectivity index (χ1v) is 6.78. The summed E-state index contributed by atoms with van der Waals surface area (Å²) in [7, 11) is 0. The SMILES string of the molecule is NCC1(C(=O)Nc2cccc(Cn3ccnc3)c2)CC1. The number of benzene rings is 1. The maximum atomic E-state index is 12.1. The Labute approximate surface area is 117 Å². The van der Waals surface area contributed by atoms with Gasteiger partial charge in [0.05, 0.1) is 11.7 Å². The van der Waals surface area contributed by atoms with Crippen molar-refractivity contribution in [3.05, 3.63) is 48.5 Å². The van der Waals surface area contributed by atoms with Gasteiger partial charge in [0.25, 0.3) is 0 Å². The van der Waals surface area contributed by atoms with Gasteiger partial charge in [-0.3, -0.25) is 4.79 Å². The molecule has 3 rings (SSSR count). The van der Waals surface area contributed by atoms with E-state index in [1.54, 1.807) is 12.5 Å². The number of anilines is 1. The highest BCUT2D eigenvalue weighted by Crippen LogP contribution is 2.45. The largest absolute Gasteiger partial charge is 0.333 e. The Kier molecular flexibility index (Phi) is 3.28. The average Bonchev–Trinajstić information content (AvgIpc) is 3.11. The van der Waals surface area contributed by atoms with Crippen LogP contribution in [0.15, 0.2) is 43.0 Å².